The minimum atomic E-state index is -1.24. The fourth-order valence-electron chi connectivity index (χ4n) is 3.01. The Hall–Kier alpha value is -3.05. The number of nitrogens with one attached hydrogen (secondary N) is 2. The van der Waals surface area contributed by atoms with Crippen LogP contribution in [0.15, 0.2) is 11.0 Å². The summed E-state index contributed by atoms with van der Waals surface area (Å²) in [4.78, 5) is 39.7. The standard InChI is InChI=1S/C22H29N3O5/c1-13-16(20(28)30-22(5,6)10-11-23-14(2)26)17-15(8-9-21(3,4)29)12-25(7)19(27)18(17)24-13/h12,24,29H,10-11H2,1-7H3,(H,23,26). The minimum Gasteiger partial charge on any atom is -0.456 e. The first-order chi connectivity index (χ1) is 13.7. The molecule has 0 radical (unpaired) electrons. The number of aryl methyl sites for hydroxylation is 2. The molecule has 0 spiro atoms. The number of aromatic nitrogens is 2. The molecule has 0 unspecified atom stereocenters. The lowest BCUT2D eigenvalue weighted by atomic mass is 10.0. The van der Waals surface area contributed by atoms with E-state index < -0.39 is 17.2 Å². The molecule has 2 aromatic rings. The van der Waals surface area contributed by atoms with Gasteiger partial charge >= 0.3 is 5.97 Å². The van der Waals surface area contributed by atoms with Gasteiger partial charge in [-0.1, -0.05) is 11.8 Å². The quantitative estimate of drug-likeness (QED) is 0.509. The van der Waals surface area contributed by atoms with Gasteiger partial charge in [0.15, 0.2) is 0 Å². The fraction of sp³-hybridized carbons (Fsp3) is 0.500. The summed E-state index contributed by atoms with van der Waals surface area (Å²) >= 11 is 0. The maximum Gasteiger partial charge on any atom is 0.341 e. The molecule has 0 aliphatic rings. The molecule has 0 saturated carbocycles. The molecule has 0 aromatic carbocycles. The molecule has 8 nitrogen and oxygen atoms in total. The zero-order valence-electron chi connectivity index (χ0n) is 18.5. The molecule has 30 heavy (non-hydrogen) atoms. The molecule has 162 valence electrons. The summed E-state index contributed by atoms with van der Waals surface area (Å²) in [7, 11) is 1.59. The molecule has 2 aromatic heterocycles. The molecule has 3 N–H and O–H groups in total. The average Bonchev–Trinajstić information content (AvgIpc) is 2.92. The Morgan fingerprint density at radius 2 is 1.93 bits per heavy atom. The smallest absolute Gasteiger partial charge is 0.341 e. The van der Waals surface area contributed by atoms with Gasteiger partial charge in [-0.2, -0.15) is 0 Å². The first-order valence-corrected chi connectivity index (χ1v) is 9.67. The number of aliphatic hydroxyl groups is 1. The van der Waals surface area contributed by atoms with Crippen molar-refractivity contribution in [3.8, 4) is 11.8 Å². The Bertz CT molecular complexity index is 1100. The molecule has 0 fully saturated rings. The van der Waals surface area contributed by atoms with Crippen LogP contribution in [0, 0.1) is 18.8 Å². The Balaban J connectivity index is 2.53. The third kappa shape index (κ3) is 5.51. The van der Waals surface area contributed by atoms with Crippen LogP contribution in [-0.2, 0) is 16.6 Å². The van der Waals surface area contributed by atoms with E-state index in [2.05, 4.69) is 22.1 Å². The number of esters is 1. The van der Waals surface area contributed by atoms with Crippen LogP contribution in [0.4, 0.5) is 0 Å². The lowest BCUT2D eigenvalue weighted by Gasteiger charge is -2.25. The van der Waals surface area contributed by atoms with Gasteiger partial charge in [0.2, 0.25) is 5.91 Å². The lowest BCUT2D eigenvalue weighted by molar-refractivity contribution is -0.119. The molecular formula is C22H29N3O5. The molecule has 2 heterocycles. The van der Waals surface area contributed by atoms with Crippen molar-refractivity contribution in [1.82, 2.24) is 14.9 Å². The number of carbonyl (C=O) groups is 2. The zero-order valence-corrected chi connectivity index (χ0v) is 18.5. The summed E-state index contributed by atoms with van der Waals surface area (Å²) in [5.74, 6) is 4.85. The number of ether oxygens (including phenoxy) is 1. The van der Waals surface area contributed by atoms with Crippen molar-refractivity contribution in [2.24, 2.45) is 7.05 Å². The number of hydrogen-bond acceptors (Lipinski definition) is 5. The number of aromatic amines is 1. The monoisotopic (exact) mass is 415 g/mol. The Morgan fingerprint density at radius 3 is 2.50 bits per heavy atom. The van der Waals surface area contributed by atoms with Crippen molar-refractivity contribution in [1.29, 1.82) is 0 Å². The number of nitrogens with zero attached hydrogens (tertiary/aromatic N) is 1. The Kier molecular flexibility index (Phi) is 6.48. The molecule has 0 bridgehead atoms. The van der Waals surface area contributed by atoms with E-state index in [1.54, 1.807) is 41.7 Å². The minimum absolute atomic E-state index is 0.157. The number of carbonyl (C=O) groups excluding carboxylic acids is 2. The van der Waals surface area contributed by atoms with Crippen molar-refractivity contribution >= 4 is 22.8 Å². The maximum absolute atomic E-state index is 13.1. The summed E-state index contributed by atoms with van der Waals surface area (Å²) in [6.07, 6.45) is 1.96. The highest BCUT2D eigenvalue weighted by Crippen LogP contribution is 2.26. The van der Waals surface area contributed by atoms with Crippen molar-refractivity contribution in [3.63, 3.8) is 0 Å². The lowest BCUT2D eigenvalue weighted by Crippen LogP contribution is -2.33. The molecule has 0 saturated heterocycles. The van der Waals surface area contributed by atoms with Gasteiger partial charge < -0.3 is 24.7 Å². The first kappa shape index (κ1) is 23.2. The zero-order chi connectivity index (χ0) is 22.9. The van der Waals surface area contributed by atoms with Crippen LogP contribution in [-0.4, -0.2) is 44.3 Å². The second-order valence-electron chi connectivity index (χ2n) is 8.53. The summed E-state index contributed by atoms with van der Waals surface area (Å²) in [5.41, 5.74) is -0.974. The number of hydrogen-bond donors (Lipinski definition) is 3. The molecule has 2 rings (SSSR count). The van der Waals surface area contributed by atoms with Crippen LogP contribution in [0.25, 0.3) is 10.9 Å². The second kappa shape index (κ2) is 8.36. The number of rotatable bonds is 5. The first-order valence-electron chi connectivity index (χ1n) is 9.67. The van der Waals surface area contributed by atoms with Gasteiger partial charge in [-0.3, -0.25) is 9.59 Å². The predicted octanol–water partition coefficient (Wildman–Crippen LogP) is 1.76. The number of pyridine rings is 1. The van der Waals surface area contributed by atoms with Gasteiger partial charge in [0, 0.05) is 44.2 Å². The number of amides is 1. The van der Waals surface area contributed by atoms with Crippen molar-refractivity contribution in [2.75, 3.05) is 6.54 Å². The normalized spacial score (nSPS) is 11.7. The van der Waals surface area contributed by atoms with E-state index in [0.717, 1.165) is 0 Å². The molecule has 0 aliphatic carbocycles. The van der Waals surface area contributed by atoms with E-state index in [-0.39, 0.29) is 22.5 Å². The van der Waals surface area contributed by atoms with E-state index in [9.17, 15) is 19.5 Å². The highest BCUT2D eigenvalue weighted by atomic mass is 16.6. The number of H-pyrrole nitrogens is 1. The van der Waals surface area contributed by atoms with Gasteiger partial charge in [-0.05, 0) is 34.6 Å². The fourth-order valence-corrected chi connectivity index (χ4v) is 3.01. The van der Waals surface area contributed by atoms with Gasteiger partial charge in [0.1, 0.15) is 16.7 Å². The highest BCUT2D eigenvalue weighted by Gasteiger charge is 2.28. The van der Waals surface area contributed by atoms with Crippen LogP contribution >= 0.6 is 0 Å². The van der Waals surface area contributed by atoms with Gasteiger partial charge in [-0.15, -0.1) is 0 Å². The summed E-state index contributed by atoms with van der Waals surface area (Å²) in [6.45, 7) is 10.1. The summed E-state index contributed by atoms with van der Waals surface area (Å²) in [5, 5.41) is 13.0. The highest BCUT2D eigenvalue weighted by molar-refractivity contribution is 6.07. The second-order valence-corrected chi connectivity index (χ2v) is 8.53. The Morgan fingerprint density at radius 1 is 1.30 bits per heavy atom. The van der Waals surface area contributed by atoms with E-state index in [0.29, 0.717) is 29.6 Å². The van der Waals surface area contributed by atoms with Crippen molar-refractivity contribution in [2.45, 2.75) is 59.2 Å². The number of fused-ring (bicyclic) bond motifs is 1. The van der Waals surface area contributed by atoms with E-state index in [1.807, 2.05) is 0 Å². The summed E-state index contributed by atoms with van der Waals surface area (Å²) < 4.78 is 7.08. The van der Waals surface area contributed by atoms with Crippen molar-refractivity contribution in [3.05, 3.63) is 33.4 Å². The third-order valence-corrected chi connectivity index (χ3v) is 4.49. The van der Waals surface area contributed by atoms with Crippen LogP contribution < -0.4 is 10.9 Å². The van der Waals surface area contributed by atoms with E-state index in [4.69, 9.17) is 4.74 Å². The van der Waals surface area contributed by atoms with Gasteiger partial charge in [0.05, 0.1) is 11.1 Å². The SMILES string of the molecule is CC(=O)NCCC(C)(C)OC(=O)c1c(C)[nH]c2c(=O)n(C)cc(C#CC(C)(C)O)c12. The maximum atomic E-state index is 13.1. The van der Waals surface area contributed by atoms with Gasteiger partial charge in [-0.25, -0.2) is 4.79 Å². The van der Waals surface area contributed by atoms with Crippen molar-refractivity contribution < 1.29 is 19.4 Å². The molecule has 0 aliphatic heterocycles. The largest absolute Gasteiger partial charge is 0.456 e. The molecule has 8 heteroatoms. The third-order valence-electron chi connectivity index (χ3n) is 4.49. The van der Waals surface area contributed by atoms with E-state index >= 15 is 0 Å². The average molecular weight is 415 g/mol. The predicted molar refractivity (Wildman–Crippen MR) is 114 cm³/mol. The van der Waals surface area contributed by atoms with Crippen LogP contribution in [0.2, 0.25) is 0 Å². The van der Waals surface area contributed by atoms with Crippen LogP contribution in [0.3, 0.4) is 0 Å². The topological polar surface area (TPSA) is 113 Å². The van der Waals surface area contributed by atoms with Crippen LogP contribution in [0.1, 0.15) is 62.7 Å². The molecular weight excluding hydrogens is 386 g/mol. The Labute approximate surface area is 175 Å². The molecule has 0 atom stereocenters. The molecule has 1 amide bonds. The van der Waals surface area contributed by atoms with E-state index in [1.165, 1.54) is 17.7 Å². The summed E-state index contributed by atoms with van der Waals surface area (Å²) in [6, 6.07) is 0. The van der Waals surface area contributed by atoms with Gasteiger partial charge in [0.25, 0.3) is 5.56 Å². The van der Waals surface area contributed by atoms with Crippen LogP contribution in [0.5, 0.6) is 0 Å².